The van der Waals surface area contributed by atoms with Gasteiger partial charge in [-0.25, -0.2) is 4.98 Å². The van der Waals surface area contributed by atoms with Gasteiger partial charge in [-0.1, -0.05) is 53.5 Å². The highest BCUT2D eigenvalue weighted by Gasteiger charge is 2.20. The summed E-state index contributed by atoms with van der Waals surface area (Å²) in [6.45, 7) is 2.41. The molecule has 0 aliphatic rings. The Labute approximate surface area is 300 Å². The van der Waals surface area contributed by atoms with E-state index in [4.69, 9.17) is 32.7 Å². The van der Waals surface area contributed by atoms with Crippen LogP contribution in [-0.4, -0.2) is 61.5 Å². The molecule has 0 radical (unpaired) electrons. The fourth-order valence-electron chi connectivity index (χ4n) is 5.05. The van der Waals surface area contributed by atoms with E-state index in [-0.39, 0.29) is 24.1 Å². The predicted octanol–water partition coefficient (Wildman–Crippen LogP) is 6.91. The molecule has 2 heterocycles. The number of anilines is 2. The number of rotatable bonds is 13. The van der Waals surface area contributed by atoms with E-state index < -0.39 is 11.8 Å². The van der Waals surface area contributed by atoms with Gasteiger partial charge in [-0.15, -0.1) is 0 Å². The number of hydrogen-bond acceptors (Lipinski definition) is 7. The van der Waals surface area contributed by atoms with Crippen LogP contribution < -0.4 is 19.9 Å². The molecule has 256 valence electrons. The normalized spacial score (nSPS) is 11.1. The van der Waals surface area contributed by atoms with Crippen molar-refractivity contribution >= 4 is 69.3 Å². The molecule has 0 atom stereocenters. The first kappa shape index (κ1) is 36.0. The van der Waals surface area contributed by atoms with Gasteiger partial charge in [-0.3, -0.25) is 19.4 Å². The van der Waals surface area contributed by atoms with Crippen molar-refractivity contribution in [2.45, 2.75) is 13.5 Å². The molecule has 1 N–H and O–H groups in total. The number of methoxy groups -OCH3 is 1. The number of amides is 3. The first-order valence-electron chi connectivity index (χ1n) is 15.7. The van der Waals surface area contributed by atoms with Crippen LogP contribution in [0.2, 0.25) is 10.0 Å². The maximum absolute atomic E-state index is 13.1. The van der Waals surface area contributed by atoms with Crippen LogP contribution in [0.1, 0.15) is 27.2 Å². The van der Waals surface area contributed by atoms with E-state index in [1.807, 2.05) is 37.3 Å². The van der Waals surface area contributed by atoms with Crippen LogP contribution in [0, 0.1) is 6.92 Å². The first-order valence-corrected chi connectivity index (χ1v) is 16.4. The molecule has 0 unspecified atom stereocenters. The summed E-state index contributed by atoms with van der Waals surface area (Å²) in [6, 6.07) is 23.3. The molecular weight excluding hydrogens is 677 g/mol. The second kappa shape index (κ2) is 16.9. The molecule has 3 aromatic carbocycles. The molecule has 10 nitrogen and oxygen atoms in total. The summed E-state index contributed by atoms with van der Waals surface area (Å²) < 4.78 is 11.3. The Bertz CT molecular complexity index is 2020. The number of para-hydroxylation sites is 1. The van der Waals surface area contributed by atoms with Gasteiger partial charge >= 0.3 is 0 Å². The molecule has 5 aromatic rings. The van der Waals surface area contributed by atoms with E-state index in [1.165, 1.54) is 11.0 Å². The summed E-state index contributed by atoms with van der Waals surface area (Å²) in [6.07, 6.45) is 6.09. The number of carbonyl (C=O) groups is 3. The van der Waals surface area contributed by atoms with Gasteiger partial charge in [-0.2, -0.15) is 0 Å². The molecule has 0 saturated carbocycles. The van der Waals surface area contributed by atoms with E-state index in [9.17, 15) is 14.4 Å². The second-order valence-corrected chi connectivity index (χ2v) is 12.0. The molecule has 0 aliphatic carbocycles. The lowest BCUT2D eigenvalue weighted by Crippen LogP contribution is -2.37. The Morgan fingerprint density at radius 2 is 1.70 bits per heavy atom. The number of fused-ring (bicyclic) bond motifs is 1. The van der Waals surface area contributed by atoms with Crippen LogP contribution in [0.3, 0.4) is 0 Å². The molecular formula is C38H35Cl2N5O5. The number of hydrogen-bond donors (Lipinski definition) is 1. The third-order valence-corrected chi connectivity index (χ3v) is 8.61. The Hall–Kier alpha value is -5.29. The van der Waals surface area contributed by atoms with Gasteiger partial charge in [0.05, 0.1) is 23.9 Å². The van der Waals surface area contributed by atoms with E-state index in [1.54, 1.807) is 86.1 Å². The number of nitrogens with zero attached hydrogens (tertiary/aromatic N) is 4. The zero-order valence-electron chi connectivity index (χ0n) is 27.7. The largest absolute Gasteiger partial charge is 0.487 e. The van der Waals surface area contributed by atoms with Crippen molar-refractivity contribution in [3.8, 4) is 5.75 Å². The maximum Gasteiger partial charge on any atom is 0.258 e. The number of pyridine rings is 2. The van der Waals surface area contributed by atoms with Gasteiger partial charge < -0.3 is 24.6 Å². The molecule has 50 heavy (non-hydrogen) atoms. The molecule has 0 bridgehead atoms. The molecule has 5 rings (SSSR count). The summed E-state index contributed by atoms with van der Waals surface area (Å²) >= 11 is 13.2. The average Bonchev–Trinajstić information content (AvgIpc) is 3.13. The summed E-state index contributed by atoms with van der Waals surface area (Å²) in [5.41, 5.74) is 4.43. The van der Waals surface area contributed by atoms with Crippen molar-refractivity contribution in [2.75, 3.05) is 43.7 Å². The second-order valence-electron chi connectivity index (χ2n) is 11.2. The third kappa shape index (κ3) is 8.83. The van der Waals surface area contributed by atoms with Crippen LogP contribution in [-0.2, 0) is 20.9 Å². The van der Waals surface area contributed by atoms with Gasteiger partial charge in [0, 0.05) is 72.1 Å². The van der Waals surface area contributed by atoms with Gasteiger partial charge in [0.1, 0.15) is 17.9 Å². The predicted molar refractivity (Wildman–Crippen MR) is 197 cm³/mol. The fraction of sp³-hybridized carbons (Fsp3) is 0.184. The van der Waals surface area contributed by atoms with E-state index >= 15 is 0 Å². The summed E-state index contributed by atoms with van der Waals surface area (Å²) in [5, 5.41) is 4.20. The lowest BCUT2D eigenvalue weighted by molar-refractivity contribution is -0.122. The van der Waals surface area contributed by atoms with Gasteiger partial charge in [0.25, 0.3) is 5.91 Å². The third-order valence-electron chi connectivity index (χ3n) is 7.83. The number of halogens is 2. The summed E-state index contributed by atoms with van der Waals surface area (Å²) in [5.74, 6) is -0.448. The molecule has 0 spiro atoms. The first-order chi connectivity index (χ1) is 24.2. The highest BCUT2D eigenvalue weighted by atomic mass is 35.5. The highest BCUT2D eigenvalue weighted by molar-refractivity contribution is 6.38. The van der Waals surface area contributed by atoms with E-state index in [2.05, 4.69) is 15.3 Å². The Morgan fingerprint density at radius 3 is 2.44 bits per heavy atom. The minimum Gasteiger partial charge on any atom is -0.487 e. The number of aryl methyl sites for hydroxylation is 1. The number of likely N-dealkylation sites (N-methyl/N-ethyl adjacent to an activating group) is 1. The number of ether oxygens (including phenoxy) is 2. The van der Waals surface area contributed by atoms with Crippen molar-refractivity contribution in [3.05, 3.63) is 130 Å². The summed E-state index contributed by atoms with van der Waals surface area (Å²) in [7, 11) is 3.14. The fourth-order valence-corrected chi connectivity index (χ4v) is 5.66. The van der Waals surface area contributed by atoms with Gasteiger partial charge in [-0.05, 0) is 67.1 Å². The van der Waals surface area contributed by atoms with E-state index in [0.29, 0.717) is 46.4 Å². The van der Waals surface area contributed by atoms with Crippen LogP contribution >= 0.6 is 23.2 Å². The lowest BCUT2D eigenvalue weighted by atomic mass is 10.1. The van der Waals surface area contributed by atoms with Gasteiger partial charge in [0.2, 0.25) is 11.8 Å². The van der Waals surface area contributed by atoms with Crippen molar-refractivity contribution in [2.24, 2.45) is 0 Å². The van der Waals surface area contributed by atoms with Crippen molar-refractivity contribution < 1.29 is 23.9 Å². The Kier molecular flexibility index (Phi) is 12.2. The Balaban J connectivity index is 1.18. The SMILES string of the molecule is COCCN(C(=O)c1ccncc1)c1ccc(C=CC(=O)NCC(=O)N(C)c2ccc(Cl)c(COc3cccc4ccc(C)nc34)c2Cl)cc1. The minimum absolute atomic E-state index is 0.0526. The molecule has 12 heteroatoms. The smallest absolute Gasteiger partial charge is 0.258 e. The van der Waals surface area contributed by atoms with Gasteiger partial charge in [0.15, 0.2) is 0 Å². The van der Waals surface area contributed by atoms with Crippen LogP contribution in [0.25, 0.3) is 17.0 Å². The topological polar surface area (TPSA) is 114 Å². The molecule has 2 aromatic heterocycles. The monoisotopic (exact) mass is 711 g/mol. The maximum atomic E-state index is 13.1. The molecule has 0 fully saturated rings. The van der Waals surface area contributed by atoms with E-state index in [0.717, 1.165) is 22.2 Å². The van der Waals surface area contributed by atoms with Crippen LogP contribution in [0.15, 0.2) is 97.3 Å². The van der Waals surface area contributed by atoms with Crippen LogP contribution in [0.4, 0.5) is 11.4 Å². The lowest BCUT2D eigenvalue weighted by Gasteiger charge is -2.22. The molecule has 0 aliphatic heterocycles. The zero-order valence-corrected chi connectivity index (χ0v) is 29.2. The zero-order chi connectivity index (χ0) is 35.6. The highest BCUT2D eigenvalue weighted by Crippen LogP contribution is 2.35. The summed E-state index contributed by atoms with van der Waals surface area (Å²) in [4.78, 5) is 50.4. The average molecular weight is 713 g/mol. The van der Waals surface area contributed by atoms with Crippen LogP contribution in [0.5, 0.6) is 5.75 Å². The number of benzene rings is 3. The standard InChI is InChI=1S/C38H35Cl2N5O5/c1-25-7-11-27-5-4-6-33(37(27)43-25)50-24-30-31(39)14-15-32(36(30)40)44(2)35(47)23-42-34(46)16-10-26-8-12-29(13-9-26)45(21-22-49-3)38(48)28-17-19-41-20-18-28/h4-20H,21-24H2,1-3H3,(H,42,46). The number of aromatic nitrogens is 2. The number of carbonyl (C=O) groups excluding carboxylic acids is 3. The van der Waals surface area contributed by atoms with Crippen molar-refractivity contribution in [1.82, 2.24) is 15.3 Å². The number of nitrogens with one attached hydrogen (secondary N) is 1. The molecule has 3 amide bonds. The van der Waals surface area contributed by atoms with Crippen molar-refractivity contribution in [1.29, 1.82) is 0 Å². The minimum atomic E-state index is -0.458. The Morgan fingerprint density at radius 1 is 0.940 bits per heavy atom. The molecule has 0 saturated heterocycles. The van der Waals surface area contributed by atoms with Crippen molar-refractivity contribution in [3.63, 3.8) is 0 Å². The quantitative estimate of drug-likeness (QED) is 0.132.